The third-order valence-corrected chi connectivity index (χ3v) is 5.36. The van der Waals surface area contributed by atoms with Crippen molar-refractivity contribution in [2.24, 2.45) is 5.10 Å². The number of hydrogen-bond donors (Lipinski definition) is 2. The summed E-state index contributed by atoms with van der Waals surface area (Å²) in [6, 6.07) is 17.3. The second-order valence-corrected chi connectivity index (χ2v) is 7.94. The maximum Gasteiger partial charge on any atom is 0.271 e. The smallest absolute Gasteiger partial charge is 0.271 e. The van der Waals surface area contributed by atoms with Gasteiger partial charge in [-0.15, -0.1) is 0 Å². The molecule has 0 saturated heterocycles. The number of amides is 2. The number of nitrogens with one attached hydrogen (secondary N) is 2. The predicted octanol–water partition coefficient (Wildman–Crippen LogP) is 6.02. The van der Waals surface area contributed by atoms with Gasteiger partial charge in [-0.2, -0.15) is 5.10 Å². The fourth-order valence-corrected chi connectivity index (χ4v) is 3.33. The van der Waals surface area contributed by atoms with E-state index in [0.29, 0.717) is 27.5 Å². The van der Waals surface area contributed by atoms with Gasteiger partial charge in [0.2, 0.25) is 0 Å². The van der Waals surface area contributed by atoms with E-state index in [-0.39, 0.29) is 16.8 Å². The van der Waals surface area contributed by atoms with Crippen molar-refractivity contribution in [2.75, 3.05) is 5.32 Å². The second kappa shape index (κ2) is 9.77. The van der Waals surface area contributed by atoms with Gasteiger partial charge in [0.25, 0.3) is 11.8 Å². The number of carbonyl (C=O) groups is 2. The maximum absolute atomic E-state index is 12.5. The topological polar surface area (TPSA) is 70.6 Å². The fraction of sp³-hybridized carbons (Fsp3) is 0.125. The van der Waals surface area contributed by atoms with Crippen LogP contribution < -0.4 is 10.7 Å². The van der Waals surface area contributed by atoms with E-state index in [0.717, 1.165) is 16.7 Å². The molecular formula is C24H21Cl2N3O2. The van der Waals surface area contributed by atoms with E-state index in [9.17, 15) is 9.59 Å². The molecule has 0 saturated carbocycles. The number of anilines is 1. The number of carbonyl (C=O) groups excluding carboxylic acids is 2. The zero-order valence-electron chi connectivity index (χ0n) is 17.3. The Hall–Kier alpha value is -3.15. The minimum atomic E-state index is -0.351. The Kier molecular flexibility index (Phi) is 7.10. The molecule has 0 aromatic heterocycles. The van der Waals surface area contributed by atoms with Crippen molar-refractivity contribution < 1.29 is 9.59 Å². The normalized spacial score (nSPS) is 11.2. The molecule has 0 heterocycles. The van der Waals surface area contributed by atoms with E-state index < -0.39 is 0 Å². The highest BCUT2D eigenvalue weighted by Crippen LogP contribution is 2.22. The highest BCUT2D eigenvalue weighted by molar-refractivity contribution is 6.37. The number of hydrogen-bond acceptors (Lipinski definition) is 3. The number of benzene rings is 3. The number of rotatable bonds is 5. The lowest BCUT2D eigenvalue weighted by Crippen LogP contribution is -2.19. The molecule has 0 aliphatic heterocycles. The van der Waals surface area contributed by atoms with Crippen molar-refractivity contribution in [1.29, 1.82) is 0 Å². The zero-order chi connectivity index (χ0) is 22.5. The Balaban J connectivity index is 1.71. The van der Waals surface area contributed by atoms with Gasteiger partial charge in [0.05, 0.1) is 16.3 Å². The van der Waals surface area contributed by atoms with Crippen molar-refractivity contribution >= 4 is 46.4 Å². The van der Waals surface area contributed by atoms with E-state index in [1.807, 2.05) is 32.0 Å². The van der Waals surface area contributed by atoms with Crippen LogP contribution >= 0.6 is 23.2 Å². The van der Waals surface area contributed by atoms with Gasteiger partial charge in [-0.3, -0.25) is 9.59 Å². The summed E-state index contributed by atoms with van der Waals surface area (Å²) < 4.78 is 0. The molecule has 0 spiro atoms. The summed E-state index contributed by atoms with van der Waals surface area (Å²) in [5.41, 5.74) is 7.52. The van der Waals surface area contributed by atoms with Crippen LogP contribution in [0, 0.1) is 13.8 Å². The average Bonchev–Trinajstić information content (AvgIpc) is 2.73. The molecule has 3 rings (SSSR count). The van der Waals surface area contributed by atoms with Gasteiger partial charge in [-0.05, 0) is 79.9 Å². The summed E-state index contributed by atoms with van der Waals surface area (Å²) in [7, 11) is 0. The molecule has 0 bridgehead atoms. The molecule has 7 heteroatoms. The summed E-state index contributed by atoms with van der Waals surface area (Å²) in [5, 5.41) is 7.73. The molecule has 2 amide bonds. The van der Waals surface area contributed by atoms with Crippen LogP contribution in [0.5, 0.6) is 0 Å². The molecule has 158 valence electrons. The molecule has 0 aliphatic carbocycles. The third-order valence-electron chi connectivity index (χ3n) is 4.81. The van der Waals surface area contributed by atoms with Crippen molar-refractivity contribution in [3.8, 4) is 0 Å². The molecule has 31 heavy (non-hydrogen) atoms. The summed E-state index contributed by atoms with van der Waals surface area (Å²) in [6.07, 6.45) is 0. The lowest BCUT2D eigenvalue weighted by atomic mass is 10.1. The number of hydrazone groups is 1. The second-order valence-electron chi connectivity index (χ2n) is 7.10. The lowest BCUT2D eigenvalue weighted by molar-refractivity contribution is 0.0954. The molecule has 0 atom stereocenters. The Bertz CT molecular complexity index is 1190. The molecule has 0 unspecified atom stereocenters. The molecular weight excluding hydrogens is 433 g/mol. The Morgan fingerprint density at radius 2 is 1.61 bits per heavy atom. The lowest BCUT2D eigenvalue weighted by Gasteiger charge is -2.09. The minimum Gasteiger partial charge on any atom is -0.322 e. The summed E-state index contributed by atoms with van der Waals surface area (Å²) in [4.78, 5) is 24.9. The monoisotopic (exact) mass is 453 g/mol. The quantitative estimate of drug-likeness (QED) is 0.366. The van der Waals surface area contributed by atoms with Crippen LogP contribution in [0.1, 0.15) is 44.3 Å². The van der Waals surface area contributed by atoms with E-state index in [1.165, 1.54) is 6.07 Å². The third kappa shape index (κ3) is 5.72. The average molecular weight is 454 g/mol. The van der Waals surface area contributed by atoms with Gasteiger partial charge >= 0.3 is 0 Å². The first-order valence-electron chi connectivity index (χ1n) is 9.53. The van der Waals surface area contributed by atoms with Gasteiger partial charge in [-0.1, -0.05) is 41.4 Å². The van der Waals surface area contributed by atoms with Crippen molar-refractivity contribution in [3.05, 3.63) is 98.5 Å². The number of halogens is 2. The Labute approximate surface area is 191 Å². The molecule has 3 aromatic rings. The molecule has 0 radical (unpaired) electrons. The Morgan fingerprint density at radius 1 is 0.839 bits per heavy atom. The summed E-state index contributed by atoms with van der Waals surface area (Å²) in [6.45, 7) is 5.72. The highest BCUT2D eigenvalue weighted by Gasteiger charge is 2.12. The summed E-state index contributed by atoms with van der Waals surface area (Å²) >= 11 is 12.0. The van der Waals surface area contributed by atoms with Crippen LogP contribution in [0.25, 0.3) is 0 Å². The zero-order valence-corrected chi connectivity index (χ0v) is 18.8. The predicted molar refractivity (Wildman–Crippen MR) is 126 cm³/mol. The Morgan fingerprint density at radius 3 is 2.32 bits per heavy atom. The first-order chi connectivity index (χ1) is 14.7. The van der Waals surface area contributed by atoms with Crippen LogP contribution in [0.2, 0.25) is 10.0 Å². The highest BCUT2D eigenvalue weighted by atomic mass is 35.5. The van der Waals surface area contributed by atoms with Crippen molar-refractivity contribution in [3.63, 3.8) is 0 Å². The largest absolute Gasteiger partial charge is 0.322 e. The van der Waals surface area contributed by atoms with E-state index in [2.05, 4.69) is 15.8 Å². The molecule has 3 aromatic carbocycles. The van der Waals surface area contributed by atoms with Gasteiger partial charge < -0.3 is 5.32 Å². The van der Waals surface area contributed by atoms with Crippen LogP contribution in [-0.2, 0) is 0 Å². The van der Waals surface area contributed by atoms with Crippen molar-refractivity contribution in [1.82, 2.24) is 5.43 Å². The SMILES string of the molecule is CC(=NNC(=O)c1ccc(C)c(C)c1)c1cccc(NC(=O)c2ccc(Cl)cc2Cl)c1. The number of aryl methyl sites for hydroxylation is 2. The number of nitrogens with zero attached hydrogens (tertiary/aromatic N) is 1. The molecule has 5 nitrogen and oxygen atoms in total. The van der Waals surface area contributed by atoms with E-state index >= 15 is 0 Å². The standard InChI is InChI=1S/C24H21Cl2N3O2/c1-14-7-8-18(11-15(14)2)23(30)29-28-16(3)17-5-4-6-20(12-17)27-24(31)21-10-9-19(25)13-22(21)26/h4-13H,1-3H3,(H,27,31)(H,29,30). The first-order valence-corrected chi connectivity index (χ1v) is 10.3. The van der Waals surface area contributed by atoms with Crippen molar-refractivity contribution in [2.45, 2.75) is 20.8 Å². The van der Waals surface area contributed by atoms with Crippen LogP contribution in [0.4, 0.5) is 5.69 Å². The molecule has 0 fully saturated rings. The van der Waals surface area contributed by atoms with E-state index in [4.69, 9.17) is 23.2 Å². The molecule has 2 N–H and O–H groups in total. The van der Waals surface area contributed by atoms with Gasteiger partial charge in [0.1, 0.15) is 0 Å². The van der Waals surface area contributed by atoms with Gasteiger partial charge in [-0.25, -0.2) is 5.43 Å². The maximum atomic E-state index is 12.5. The van der Waals surface area contributed by atoms with E-state index in [1.54, 1.807) is 43.3 Å². The van der Waals surface area contributed by atoms with Gasteiger partial charge in [0, 0.05) is 16.3 Å². The first kappa shape index (κ1) is 22.5. The minimum absolute atomic E-state index is 0.271. The van der Waals surface area contributed by atoms with Crippen LogP contribution in [0.15, 0.2) is 65.8 Å². The van der Waals surface area contributed by atoms with Crippen LogP contribution in [0.3, 0.4) is 0 Å². The molecule has 0 aliphatic rings. The van der Waals surface area contributed by atoms with Gasteiger partial charge in [0.15, 0.2) is 0 Å². The summed E-state index contributed by atoms with van der Waals surface area (Å²) in [5.74, 6) is -0.638. The van der Waals surface area contributed by atoms with Crippen LogP contribution in [-0.4, -0.2) is 17.5 Å². The fourth-order valence-electron chi connectivity index (χ4n) is 2.84.